The molecule has 22 heavy (non-hydrogen) atoms. The maximum absolute atomic E-state index is 10.9. The predicted molar refractivity (Wildman–Crippen MR) is 83.8 cm³/mol. The van der Waals surface area contributed by atoms with Crippen LogP contribution in [0.15, 0.2) is 24.1 Å². The number of aryl methyl sites for hydroxylation is 1. The number of hydrogen-bond acceptors (Lipinski definition) is 7. The molecule has 0 atom stereocenters. The molecule has 1 fully saturated rings. The van der Waals surface area contributed by atoms with Crippen LogP contribution < -0.4 is 4.90 Å². The first-order chi connectivity index (χ1) is 10.7. The molecule has 1 N–H and O–H groups in total. The number of anilines is 1. The molecular weight excluding hydrogens is 300 g/mol. The second kappa shape index (κ2) is 4.99. The molecule has 4 rings (SSSR count). The number of nitrogens with zero attached hydrogens (tertiary/aromatic N) is 6. The summed E-state index contributed by atoms with van der Waals surface area (Å²) in [5, 5.41) is 17.0. The Balaban J connectivity index is 1.60. The quantitative estimate of drug-likeness (QED) is 0.768. The number of thiophene rings is 1. The van der Waals surface area contributed by atoms with Crippen molar-refractivity contribution in [1.29, 1.82) is 0 Å². The van der Waals surface area contributed by atoms with Crippen molar-refractivity contribution >= 4 is 27.4 Å². The number of hydrogen-bond donors (Lipinski definition) is 1. The summed E-state index contributed by atoms with van der Waals surface area (Å²) in [7, 11) is 1.81. The Kier molecular flexibility index (Phi) is 3.08. The first-order valence-corrected chi connectivity index (χ1v) is 8.05. The first-order valence-electron chi connectivity index (χ1n) is 7.17. The van der Waals surface area contributed by atoms with Crippen molar-refractivity contribution in [1.82, 2.24) is 24.7 Å². The Morgan fingerprint density at radius 3 is 2.73 bits per heavy atom. The van der Waals surface area contributed by atoms with Crippen LogP contribution in [0.3, 0.4) is 0 Å². The van der Waals surface area contributed by atoms with E-state index < -0.39 is 5.60 Å². The van der Waals surface area contributed by atoms with E-state index >= 15 is 0 Å². The summed E-state index contributed by atoms with van der Waals surface area (Å²) in [5.41, 5.74) is 0.0627. The van der Waals surface area contributed by atoms with Crippen molar-refractivity contribution < 1.29 is 5.11 Å². The van der Waals surface area contributed by atoms with Gasteiger partial charge in [-0.25, -0.2) is 15.0 Å². The van der Waals surface area contributed by atoms with E-state index in [4.69, 9.17) is 0 Å². The first kappa shape index (κ1) is 13.6. The molecule has 3 aromatic rings. The Morgan fingerprint density at radius 2 is 2.00 bits per heavy atom. The third kappa shape index (κ3) is 2.06. The lowest BCUT2D eigenvalue weighted by Gasteiger charge is -2.37. The van der Waals surface area contributed by atoms with Gasteiger partial charge in [-0.3, -0.25) is 4.68 Å². The Labute approximate surface area is 131 Å². The van der Waals surface area contributed by atoms with Crippen LogP contribution in [0.4, 0.5) is 5.82 Å². The zero-order valence-electron chi connectivity index (χ0n) is 12.2. The summed E-state index contributed by atoms with van der Waals surface area (Å²) < 4.78 is 2.75. The van der Waals surface area contributed by atoms with Gasteiger partial charge in [-0.2, -0.15) is 5.10 Å². The van der Waals surface area contributed by atoms with Gasteiger partial charge in [0.1, 0.15) is 24.1 Å². The van der Waals surface area contributed by atoms with Crippen LogP contribution >= 0.6 is 11.3 Å². The molecule has 1 aliphatic rings. The summed E-state index contributed by atoms with van der Waals surface area (Å²) >= 11 is 1.65. The molecule has 0 radical (unpaired) electrons. The van der Waals surface area contributed by atoms with Crippen LogP contribution in [0.2, 0.25) is 0 Å². The fourth-order valence-electron chi connectivity index (χ4n) is 3.03. The van der Waals surface area contributed by atoms with Crippen molar-refractivity contribution in [2.24, 2.45) is 7.05 Å². The molecule has 0 bridgehead atoms. The van der Waals surface area contributed by atoms with Gasteiger partial charge in [0.25, 0.3) is 0 Å². The highest BCUT2D eigenvalue weighted by Crippen LogP contribution is 2.35. The van der Waals surface area contributed by atoms with E-state index in [1.807, 2.05) is 18.5 Å². The molecular formula is C14H16N6OS. The predicted octanol–water partition coefficient (Wildman–Crippen LogP) is 1.31. The summed E-state index contributed by atoms with van der Waals surface area (Å²) in [6, 6.07) is 2.00. The molecule has 7 nitrogen and oxygen atoms in total. The van der Waals surface area contributed by atoms with Crippen LogP contribution in [-0.4, -0.2) is 42.9 Å². The number of piperidine rings is 1. The summed E-state index contributed by atoms with van der Waals surface area (Å²) in [5.74, 6) is 1.59. The number of aliphatic hydroxyl groups is 1. The lowest BCUT2D eigenvalue weighted by molar-refractivity contribution is -0.000131. The normalized spacial score (nSPS) is 18.0. The van der Waals surface area contributed by atoms with Crippen molar-refractivity contribution in [3.63, 3.8) is 0 Å². The van der Waals surface area contributed by atoms with Crippen LogP contribution in [0.5, 0.6) is 0 Å². The van der Waals surface area contributed by atoms with Gasteiger partial charge < -0.3 is 10.0 Å². The molecule has 1 aliphatic heterocycles. The second-order valence-electron chi connectivity index (χ2n) is 5.56. The number of rotatable bonds is 2. The van der Waals surface area contributed by atoms with E-state index in [0.717, 1.165) is 29.1 Å². The average molecular weight is 316 g/mol. The molecule has 0 spiro atoms. The summed E-state index contributed by atoms with van der Waals surface area (Å²) in [4.78, 5) is 15.1. The molecule has 0 amide bonds. The molecule has 8 heteroatoms. The maximum atomic E-state index is 10.9. The minimum atomic E-state index is -0.913. The molecule has 0 saturated carbocycles. The summed E-state index contributed by atoms with van der Waals surface area (Å²) in [6.45, 7) is 1.46. The van der Waals surface area contributed by atoms with E-state index in [1.54, 1.807) is 22.3 Å². The molecule has 0 aromatic carbocycles. The molecule has 114 valence electrons. The van der Waals surface area contributed by atoms with E-state index in [9.17, 15) is 5.11 Å². The van der Waals surface area contributed by atoms with Crippen LogP contribution in [0, 0.1) is 0 Å². The number of fused-ring (bicyclic) bond motifs is 1. The smallest absolute Gasteiger partial charge is 0.158 e. The van der Waals surface area contributed by atoms with Gasteiger partial charge in [-0.15, -0.1) is 11.3 Å². The molecule has 1 saturated heterocycles. The second-order valence-corrected chi connectivity index (χ2v) is 6.47. The zero-order valence-corrected chi connectivity index (χ0v) is 13.0. The average Bonchev–Trinajstić information content (AvgIpc) is 3.16. The fraction of sp³-hybridized carbons (Fsp3) is 0.429. The van der Waals surface area contributed by atoms with Crippen LogP contribution in [-0.2, 0) is 12.6 Å². The van der Waals surface area contributed by atoms with Crippen molar-refractivity contribution in [3.05, 3.63) is 29.9 Å². The summed E-state index contributed by atoms with van der Waals surface area (Å²) in [6.07, 6.45) is 4.31. The standard InChI is InChI=1S/C14H16N6OS/c1-19-13(17-9-18-19)14(21)3-5-20(6-4-14)12-11-10(2-7-22-11)15-8-16-12/h2,7-9,21H,3-6H2,1H3. The minimum Gasteiger partial charge on any atom is -0.382 e. The largest absolute Gasteiger partial charge is 0.382 e. The van der Waals surface area contributed by atoms with Gasteiger partial charge in [-0.1, -0.05) is 0 Å². The van der Waals surface area contributed by atoms with E-state index in [2.05, 4.69) is 25.0 Å². The SMILES string of the molecule is Cn1ncnc1C1(O)CCN(c2ncnc3ccsc23)CC1. The van der Waals surface area contributed by atoms with Crippen molar-refractivity contribution in [2.45, 2.75) is 18.4 Å². The monoisotopic (exact) mass is 316 g/mol. The third-order valence-electron chi connectivity index (χ3n) is 4.24. The van der Waals surface area contributed by atoms with Gasteiger partial charge in [0.2, 0.25) is 0 Å². The van der Waals surface area contributed by atoms with E-state index in [-0.39, 0.29) is 0 Å². The van der Waals surface area contributed by atoms with E-state index in [0.29, 0.717) is 18.7 Å². The van der Waals surface area contributed by atoms with Gasteiger partial charge in [0, 0.05) is 33.0 Å². The van der Waals surface area contributed by atoms with Crippen molar-refractivity contribution in [2.75, 3.05) is 18.0 Å². The Hall–Kier alpha value is -2.06. The molecule has 0 unspecified atom stereocenters. The van der Waals surface area contributed by atoms with Gasteiger partial charge in [-0.05, 0) is 11.4 Å². The minimum absolute atomic E-state index is 0.608. The highest BCUT2D eigenvalue weighted by molar-refractivity contribution is 7.17. The van der Waals surface area contributed by atoms with Gasteiger partial charge in [0.05, 0.1) is 10.2 Å². The lowest BCUT2D eigenvalue weighted by atomic mass is 9.90. The fourth-order valence-corrected chi connectivity index (χ4v) is 3.89. The third-order valence-corrected chi connectivity index (χ3v) is 5.14. The van der Waals surface area contributed by atoms with Gasteiger partial charge >= 0.3 is 0 Å². The molecule has 0 aliphatic carbocycles. The van der Waals surface area contributed by atoms with Crippen LogP contribution in [0.1, 0.15) is 18.7 Å². The molecule has 4 heterocycles. The Morgan fingerprint density at radius 1 is 1.18 bits per heavy atom. The topological polar surface area (TPSA) is 80.0 Å². The number of aromatic nitrogens is 5. The maximum Gasteiger partial charge on any atom is 0.158 e. The Bertz CT molecular complexity index is 804. The van der Waals surface area contributed by atoms with Crippen LogP contribution in [0.25, 0.3) is 10.2 Å². The van der Waals surface area contributed by atoms with Gasteiger partial charge in [0.15, 0.2) is 5.82 Å². The highest BCUT2D eigenvalue weighted by atomic mass is 32.1. The highest BCUT2D eigenvalue weighted by Gasteiger charge is 2.38. The van der Waals surface area contributed by atoms with E-state index in [1.165, 1.54) is 6.33 Å². The molecule has 3 aromatic heterocycles. The van der Waals surface area contributed by atoms with Crippen molar-refractivity contribution in [3.8, 4) is 0 Å². The lowest BCUT2D eigenvalue weighted by Crippen LogP contribution is -2.44. The zero-order chi connectivity index (χ0) is 15.2.